The van der Waals surface area contributed by atoms with Crippen LogP contribution in [-0.4, -0.2) is 26.0 Å². The van der Waals surface area contributed by atoms with Crippen LogP contribution in [0.5, 0.6) is 11.5 Å². The summed E-state index contributed by atoms with van der Waals surface area (Å²) in [5, 5.41) is 5.34. The lowest BCUT2D eigenvalue weighted by Crippen LogP contribution is -2.12. The number of nitrogens with one attached hydrogen (secondary N) is 2. The minimum Gasteiger partial charge on any atom is -0.494 e. The van der Waals surface area contributed by atoms with E-state index < -0.39 is 0 Å². The molecule has 0 atom stereocenters. The van der Waals surface area contributed by atoms with Gasteiger partial charge >= 0.3 is 0 Å². The fourth-order valence-corrected chi connectivity index (χ4v) is 1.52. The maximum absolute atomic E-state index is 11.5. The molecule has 0 radical (unpaired) electrons. The van der Waals surface area contributed by atoms with Crippen molar-refractivity contribution in [3.63, 3.8) is 0 Å². The lowest BCUT2D eigenvalue weighted by atomic mass is 10.2. The Bertz CT molecular complexity index is 486. The van der Waals surface area contributed by atoms with Crippen molar-refractivity contribution in [2.45, 2.75) is 20.3 Å². The van der Waals surface area contributed by atoms with Crippen LogP contribution in [0.2, 0.25) is 0 Å². The lowest BCUT2D eigenvalue weighted by molar-refractivity contribution is -0.116. The molecule has 2 amide bonds. The number of benzene rings is 1. The third kappa shape index (κ3) is 3.87. The molecule has 19 heavy (non-hydrogen) atoms. The van der Waals surface area contributed by atoms with E-state index >= 15 is 0 Å². The standard InChI is InChI=1S/C13H18N2O4/c1-5-13(17)15-10-6-9(14-8(2)16)11(18-3)7-12(10)19-4/h6-7H,5H2,1-4H3,(H,14,16)(H,15,17). The van der Waals surface area contributed by atoms with Crippen molar-refractivity contribution in [2.24, 2.45) is 0 Å². The molecule has 0 aromatic heterocycles. The second kappa shape index (κ2) is 6.63. The quantitative estimate of drug-likeness (QED) is 0.854. The highest BCUT2D eigenvalue weighted by atomic mass is 16.5. The molecule has 0 heterocycles. The molecule has 0 aliphatic rings. The van der Waals surface area contributed by atoms with Gasteiger partial charge < -0.3 is 20.1 Å². The molecule has 1 rings (SSSR count). The van der Waals surface area contributed by atoms with Gasteiger partial charge in [-0.25, -0.2) is 0 Å². The van der Waals surface area contributed by atoms with Gasteiger partial charge in [-0.05, 0) is 6.07 Å². The topological polar surface area (TPSA) is 76.7 Å². The summed E-state index contributed by atoms with van der Waals surface area (Å²) in [6, 6.07) is 3.21. The molecular formula is C13H18N2O4. The highest BCUT2D eigenvalue weighted by Crippen LogP contribution is 2.36. The second-order valence-electron chi connectivity index (χ2n) is 3.84. The van der Waals surface area contributed by atoms with E-state index in [1.165, 1.54) is 21.1 Å². The Kier molecular flexibility index (Phi) is 5.17. The third-order valence-electron chi connectivity index (χ3n) is 2.43. The van der Waals surface area contributed by atoms with Crippen LogP contribution in [0.4, 0.5) is 11.4 Å². The number of carbonyl (C=O) groups excluding carboxylic acids is 2. The first-order valence-electron chi connectivity index (χ1n) is 5.85. The fourth-order valence-electron chi connectivity index (χ4n) is 1.52. The van der Waals surface area contributed by atoms with Crippen LogP contribution in [-0.2, 0) is 9.59 Å². The molecule has 0 saturated carbocycles. The summed E-state index contributed by atoms with van der Waals surface area (Å²) in [7, 11) is 2.98. The van der Waals surface area contributed by atoms with Gasteiger partial charge in [-0.3, -0.25) is 9.59 Å². The summed E-state index contributed by atoms with van der Waals surface area (Å²) in [6.45, 7) is 3.15. The molecule has 0 unspecified atom stereocenters. The SMILES string of the molecule is CCC(=O)Nc1cc(NC(C)=O)c(OC)cc1OC. The Labute approximate surface area is 112 Å². The number of methoxy groups -OCH3 is 2. The number of amides is 2. The van der Waals surface area contributed by atoms with Crippen molar-refractivity contribution >= 4 is 23.2 Å². The molecule has 0 aliphatic carbocycles. The smallest absolute Gasteiger partial charge is 0.224 e. The molecular weight excluding hydrogens is 248 g/mol. The van der Waals surface area contributed by atoms with Crippen molar-refractivity contribution < 1.29 is 19.1 Å². The van der Waals surface area contributed by atoms with E-state index in [9.17, 15) is 9.59 Å². The maximum atomic E-state index is 11.5. The molecule has 0 saturated heterocycles. The molecule has 0 fully saturated rings. The van der Waals surface area contributed by atoms with Crippen LogP contribution in [0.15, 0.2) is 12.1 Å². The summed E-state index contributed by atoms with van der Waals surface area (Å²) in [5.74, 6) is 0.558. The number of anilines is 2. The fraction of sp³-hybridized carbons (Fsp3) is 0.385. The predicted octanol–water partition coefficient (Wildman–Crippen LogP) is 2.01. The zero-order valence-electron chi connectivity index (χ0n) is 11.5. The maximum Gasteiger partial charge on any atom is 0.224 e. The van der Waals surface area contributed by atoms with E-state index in [-0.39, 0.29) is 11.8 Å². The third-order valence-corrected chi connectivity index (χ3v) is 2.43. The summed E-state index contributed by atoms with van der Waals surface area (Å²) in [4.78, 5) is 22.6. The first-order valence-corrected chi connectivity index (χ1v) is 5.85. The summed E-state index contributed by atoms with van der Waals surface area (Å²) >= 11 is 0. The van der Waals surface area contributed by atoms with Crippen LogP contribution < -0.4 is 20.1 Å². The molecule has 6 nitrogen and oxygen atoms in total. The normalized spacial score (nSPS) is 9.68. The van der Waals surface area contributed by atoms with Gasteiger partial charge in [-0.1, -0.05) is 6.92 Å². The van der Waals surface area contributed by atoms with Crippen LogP contribution in [0.1, 0.15) is 20.3 Å². The Morgan fingerprint density at radius 1 is 1.05 bits per heavy atom. The lowest BCUT2D eigenvalue weighted by Gasteiger charge is -2.15. The first kappa shape index (κ1) is 14.8. The van der Waals surface area contributed by atoms with Crippen LogP contribution >= 0.6 is 0 Å². The van der Waals surface area contributed by atoms with Gasteiger partial charge in [0.05, 0.1) is 25.6 Å². The minimum atomic E-state index is -0.226. The highest BCUT2D eigenvalue weighted by Gasteiger charge is 2.13. The largest absolute Gasteiger partial charge is 0.494 e. The Morgan fingerprint density at radius 3 is 2.00 bits per heavy atom. The molecule has 0 bridgehead atoms. The molecule has 1 aromatic carbocycles. The highest BCUT2D eigenvalue weighted by molar-refractivity contribution is 5.96. The Hall–Kier alpha value is -2.24. The summed E-state index contributed by atoms with van der Waals surface area (Å²) < 4.78 is 10.4. The molecule has 0 aliphatic heterocycles. The van der Waals surface area contributed by atoms with Crippen molar-refractivity contribution in [1.29, 1.82) is 0 Å². The Morgan fingerprint density at radius 2 is 1.58 bits per heavy atom. The van der Waals surface area contributed by atoms with Crippen LogP contribution in [0.25, 0.3) is 0 Å². The molecule has 2 N–H and O–H groups in total. The van der Waals surface area contributed by atoms with Crippen molar-refractivity contribution in [3.8, 4) is 11.5 Å². The molecule has 6 heteroatoms. The number of rotatable bonds is 5. The zero-order chi connectivity index (χ0) is 14.4. The molecule has 104 valence electrons. The molecule has 1 aromatic rings. The molecule has 0 spiro atoms. The van der Waals surface area contributed by atoms with E-state index in [1.54, 1.807) is 19.1 Å². The van der Waals surface area contributed by atoms with Crippen molar-refractivity contribution in [1.82, 2.24) is 0 Å². The van der Waals surface area contributed by atoms with E-state index in [4.69, 9.17) is 9.47 Å². The van der Waals surface area contributed by atoms with Crippen LogP contribution in [0, 0.1) is 0 Å². The van der Waals surface area contributed by atoms with E-state index in [0.717, 1.165) is 0 Å². The van der Waals surface area contributed by atoms with Crippen molar-refractivity contribution in [3.05, 3.63) is 12.1 Å². The number of ether oxygens (including phenoxy) is 2. The van der Waals surface area contributed by atoms with Gasteiger partial charge in [0.1, 0.15) is 11.5 Å². The van der Waals surface area contributed by atoms with Crippen molar-refractivity contribution in [2.75, 3.05) is 24.9 Å². The van der Waals surface area contributed by atoms with Gasteiger partial charge in [0.15, 0.2) is 0 Å². The predicted molar refractivity (Wildman–Crippen MR) is 72.8 cm³/mol. The summed E-state index contributed by atoms with van der Waals surface area (Å²) in [6.07, 6.45) is 0.352. The van der Waals surface area contributed by atoms with Gasteiger partial charge in [0.2, 0.25) is 11.8 Å². The number of carbonyl (C=O) groups is 2. The van der Waals surface area contributed by atoms with E-state index in [2.05, 4.69) is 10.6 Å². The summed E-state index contributed by atoms with van der Waals surface area (Å²) in [5.41, 5.74) is 0.959. The zero-order valence-corrected chi connectivity index (χ0v) is 11.5. The van der Waals surface area contributed by atoms with Gasteiger partial charge in [-0.15, -0.1) is 0 Å². The second-order valence-corrected chi connectivity index (χ2v) is 3.84. The van der Waals surface area contributed by atoms with Gasteiger partial charge in [-0.2, -0.15) is 0 Å². The average molecular weight is 266 g/mol. The number of hydrogen-bond acceptors (Lipinski definition) is 4. The van der Waals surface area contributed by atoms with E-state index in [1.807, 2.05) is 0 Å². The van der Waals surface area contributed by atoms with Gasteiger partial charge in [0.25, 0.3) is 0 Å². The Balaban J connectivity index is 3.20. The van der Waals surface area contributed by atoms with Crippen LogP contribution in [0.3, 0.4) is 0 Å². The minimum absolute atomic E-state index is 0.141. The monoisotopic (exact) mass is 266 g/mol. The van der Waals surface area contributed by atoms with E-state index in [0.29, 0.717) is 29.3 Å². The number of hydrogen-bond donors (Lipinski definition) is 2. The average Bonchev–Trinajstić information content (AvgIpc) is 2.38. The van der Waals surface area contributed by atoms with Gasteiger partial charge in [0, 0.05) is 19.4 Å². The first-order chi connectivity index (χ1) is 9.01.